The molecule has 24 heteroatoms. The average molecular weight is 936 g/mol. The molecule has 0 saturated carbocycles. The second-order valence-electron chi connectivity index (χ2n) is 12.8. The van der Waals surface area contributed by atoms with Gasteiger partial charge in [-0.2, -0.15) is 5.90 Å². The molecule has 0 amide bonds. The highest BCUT2D eigenvalue weighted by Gasteiger charge is 2.29. The third-order valence-electron chi connectivity index (χ3n) is 9.39. The number of primary sulfonamides is 2. The largest absolute Gasteiger partial charge is 0.244 e. The van der Waals surface area contributed by atoms with Crippen molar-refractivity contribution in [1.29, 1.82) is 0 Å². The Bertz CT molecular complexity index is 3330. The lowest BCUT2D eigenvalue weighted by molar-refractivity contribution is -0.432. The minimum atomic E-state index is -3.97. The molecule has 0 saturated heterocycles. The number of benzene rings is 6. The minimum Gasteiger partial charge on any atom is -0.244 e. The van der Waals surface area contributed by atoms with Gasteiger partial charge in [-0.15, -0.1) is 18.0 Å². The van der Waals surface area contributed by atoms with Crippen molar-refractivity contribution in [3.8, 4) is 45.0 Å². The summed E-state index contributed by atoms with van der Waals surface area (Å²) in [7, 11) is -7.83. The Morgan fingerprint density at radius 2 is 0.952 bits per heavy atom. The number of nitrogens with two attached hydrogens (primary N) is 3. The summed E-state index contributed by atoms with van der Waals surface area (Å²) in [4.78, 5) is 25.0. The van der Waals surface area contributed by atoms with Crippen molar-refractivity contribution in [1.82, 2.24) is 19.9 Å². The van der Waals surface area contributed by atoms with Crippen LogP contribution in [0.5, 0.6) is 0 Å². The Labute approximate surface area is 363 Å². The Hall–Kier alpha value is -4.97. The van der Waals surface area contributed by atoms with Crippen molar-refractivity contribution in [2.24, 2.45) is 16.2 Å². The number of sulfonamides is 2. The maximum absolute atomic E-state index is 12.1. The average Bonchev–Trinajstić information content (AvgIpc) is 3.74. The highest BCUT2D eigenvalue weighted by atomic mass is 32.2. The summed E-state index contributed by atoms with van der Waals surface area (Å²) in [6.07, 6.45) is 0. The van der Waals surface area contributed by atoms with E-state index < -0.39 is 20.0 Å². The van der Waals surface area contributed by atoms with Crippen LogP contribution < -0.4 is 16.2 Å². The molecule has 0 radical (unpaired) electrons. The topological polar surface area (TPSA) is 294 Å². The lowest BCUT2D eigenvalue weighted by atomic mass is 10.0. The van der Waals surface area contributed by atoms with E-state index in [2.05, 4.69) is 23.7 Å². The second kappa shape index (κ2) is 17.7. The van der Waals surface area contributed by atoms with Crippen LogP contribution in [0.15, 0.2) is 115 Å². The molecular formula is C38H29N7O12S5. The summed E-state index contributed by atoms with van der Waals surface area (Å²) < 4.78 is 61.7. The molecule has 62 heavy (non-hydrogen) atoms. The van der Waals surface area contributed by atoms with Crippen molar-refractivity contribution in [2.75, 3.05) is 0 Å². The summed E-state index contributed by atoms with van der Waals surface area (Å²) in [5, 5.41) is 37.7. The van der Waals surface area contributed by atoms with Crippen LogP contribution in [0.4, 0.5) is 0 Å². The van der Waals surface area contributed by atoms with Gasteiger partial charge >= 0.3 is 0 Å². The first-order valence-electron chi connectivity index (χ1n) is 17.7. The molecule has 0 spiro atoms. The van der Waals surface area contributed by atoms with Crippen LogP contribution >= 0.6 is 36.1 Å². The smallest absolute Gasteiger partial charge is 0.238 e. The molecule has 0 unspecified atom stereocenters. The van der Waals surface area contributed by atoms with Crippen LogP contribution in [0.3, 0.4) is 0 Å². The summed E-state index contributed by atoms with van der Waals surface area (Å²) in [5.41, 5.74) is 7.67. The first kappa shape index (κ1) is 43.7. The third kappa shape index (κ3) is 8.31. The molecular weight excluding hydrogens is 907 g/mol. The first-order chi connectivity index (χ1) is 29.8. The van der Waals surface area contributed by atoms with Crippen molar-refractivity contribution in [2.45, 2.75) is 38.3 Å². The molecule has 2 aromatic heterocycles. The fourth-order valence-corrected chi connectivity index (χ4v) is 9.48. The lowest BCUT2D eigenvalue weighted by Crippen LogP contribution is -2.12. The molecule has 8 N–H and O–H groups in total. The molecule has 0 bridgehead atoms. The number of hydrogen-bond donors (Lipinski definition) is 5. The molecule has 0 atom stereocenters. The third-order valence-corrected chi connectivity index (χ3v) is 12.9. The molecule has 2 aliphatic rings. The van der Waals surface area contributed by atoms with Gasteiger partial charge in [0.2, 0.25) is 20.0 Å². The van der Waals surface area contributed by atoms with Crippen LogP contribution in [0.25, 0.3) is 88.6 Å². The number of fused-ring (bicyclic) bond motifs is 8. The maximum Gasteiger partial charge on any atom is 0.238 e. The molecule has 2 heterocycles. The fourth-order valence-electron chi connectivity index (χ4n) is 7.09. The van der Waals surface area contributed by atoms with E-state index in [9.17, 15) is 16.8 Å². The van der Waals surface area contributed by atoms with Crippen molar-refractivity contribution in [3.63, 3.8) is 0 Å². The Morgan fingerprint density at radius 1 is 0.500 bits per heavy atom. The zero-order chi connectivity index (χ0) is 43.9. The maximum atomic E-state index is 12.1. The number of rotatable bonds is 11. The SMILES string of the molecule is CC.NOOSc1cc2c3c(cc(S(N)(=O)=O)cc3c1)-c1nc3ccc(SOOO)cc3nc1-2.NS(=O)(=O)c1cc2c3c(cccc3c1)-c1nc3cc(SOOO)ccc3nc1-2. The van der Waals surface area contributed by atoms with Crippen molar-refractivity contribution in [3.05, 3.63) is 91.0 Å². The van der Waals surface area contributed by atoms with Crippen molar-refractivity contribution >= 4 is 99.8 Å². The van der Waals surface area contributed by atoms with Gasteiger partial charge in [-0.25, -0.2) is 57.6 Å². The fraction of sp³-hybridized carbons (Fsp3) is 0.0526. The summed E-state index contributed by atoms with van der Waals surface area (Å²) in [5.74, 6) is 4.94. The molecule has 2 aliphatic carbocycles. The summed E-state index contributed by atoms with van der Waals surface area (Å²) in [6, 6.07) is 25.6. The lowest BCUT2D eigenvalue weighted by Gasteiger charge is -2.07. The van der Waals surface area contributed by atoms with E-state index in [1.807, 2.05) is 38.1 Å². The molecule has 19 nitrogen and oxygen atoms in total. The second-order valence-corrected chi connectivity index (χ2v) is 18.3. The van der Waals surface area contributed by atoms with Gasteiger partial charge in [0.25, 0.3) is 0 Å². The van der Waals surface area contributed by atoms with Gasteiger partial charge < -0.3 is 0 Å². The van der Waals surface area contributed by atoms with E-state index in [1.165, 1.54) is 12.1 Å². The van der Waals surface area contributed by atoms with E-state index in [4.69, 9.17) is 51.0 Å². The van der Waals surface area contributed by atoms with E-state index >= 15 is 0 Å². The predicted molar refractivity (Wildman–Crippen MR) is 231 cm³/mol. The quantitative estimate of drug-likeness (QED) is 0.0468. The standard InChI is InChI=1S/C18H12N4O7S3.C18H11N3O5S2.C2H6/c19-26-28-31-10-3-8-4-11(32(20,24)25)7-13-16(8)12(5-10)17-18(13)21-14-2-1-9(30-29-27-23)6-15(14)22-17;19-28(23,24)11-6-9-2-1-3-12-16(9)13(8-11)18-17(12)21-15-7-10(27-26-25-22)4-5-14(15)20-18;1-2/h1-7,23H,19H2,(H2,20,24,25);1-8,22H,(H2,19,23,24);1-2H3. The number of nitrogens with zero attached hydrogens (tertiary/aromatic N) is 4. The molecule has 8 aromatic rings. The van der Waals surface area contributed by atoms with Crippen LogP contribution in [0.2, 0.25) is 0 Å². The summed E-state index contributed by atoms with van der Waals surface area (Å²) >= 11 is 2.49. The zero-order valence-corrected chi connectivity index (χ0v) is 35.8. The minimum absolute atomic E-state index is 0.0368. The van der Waals surface area contributed by atoms with Crippen LogP contribution in [-0.2, 0) is 48.1 Å². The van der Waals surface area contributed by atoms with Gasteiger partial charge in [-0.1, -0.05) is 42.1 Å². The Balaban J connectivity index is 0.000000165. The first-order valence-corrected chi connectivity index (χ1v) is 23.0. The van der Waals surface area contributed by atoms with Gasteiger partial charge in [-0.3, -0.25) is 0 Å². The molecule has 0 aliphatic heterocycles. The van der Waals surface area contributed by atoms with E-state index in [0.29, 0.717) is 76.0 Å². The van der Waals surface area contributed by atoms with Gasteiger partial charge in [-0.05, 0) is 83.6 Å². The molecule has 0 fully saturated rings. The zero-order valence-electron chi connectivity index (χ0n) is 31.7. The number of hydrogen-bond acceptors (Lipinski definition) is 20. The van der Waals surface area contributed by atoms with E-state index in [1.54, 1.807) is 54.6 Å². The number of aromatic nitrogens is 4. The Morgan fingerprint density at radius 3 is 1.45 bits per heavy atom. The highest BCUT2D eigenvalue weighted by Crippen LogP contribution is 2.49. The molecule has 10 rings (SSSR count). The van der Waals surface area contributed by atoms with E-state index in [0.717, 1.165) is 63.4 Å². The van der Waals surface area contributed by atoms with Gasteiger partial charge in [0.1, 0.15) is 0 Å². The van der Waals surface area contributed by atoms with Crippen molar-refractivity contribution < 1.29 is 55.4 Å². The highest BCUT2D eigenvalue weighted by molar-refractivity contribution is 7.95. The predicted octanol–water partition coefficient (Wildman–Crippen LogP) is 7.87. The van der Waals surface area contributed by atoms with Gasteiger partial charge in [0.15, 0.2) is 0 Å². The van der Waals surface area contributed by atoms with E-state index in [-0.39, 0.29) is 9.79 Å². The Kier molecular flexibility index (Phi) is 12.4. The van der Waals surface area contributed by atoms with Gasteiger partial charge in [0, 0.05) is 47.7 Å². The van der Waals surface area contributed by atoms with Crippen LogP contribution in [-0.4, -0.2) is 47.3 Å². The van der Waals surface area contributed by atoms with Crippen LogP contribution in [0, 0.1) is 0 Å². The van der Waals surface area contributed by atoms with Gasteiger partial charge in [0.05, 0.1) is 90.8 Å². The molecule has 318 valence electrons. The monoisotopic (exact) mass is 935 g/mol. The normalized spacial score (nSPS) is 12.3. The molecule has 6 aromatic carbocycles. The summed E-state index contributed by atoms with van der Waals surface area (Å²) in [6.45, 7) is 4.00. The van der Waals surface area contributed by atoms with Crippen LogP contribution in [0.1, 0.15) is 13.8 Å².